The number of likely N-dealkylation sites (N-methyl/N-ethyl adjacent to an activating group) is 1. The SMILES string of the molecule is CCNC(C1=COCCC1)c1ccn(C)n1. The first-order chi connectivity index (χ1) is 7.81. The third-order valence-corrected chi connectivity index (χ3v) is 2.77. The van der Waals surface area contributed by atoms with Crippen molar-refractivity contribution in [2.75, 3.05) is 13.2 Å². The fourth-order valence-electron chi connectivity index (χ4n) is 2.01. The Morgan fingerprint density at radius 2 is 2.50 bits per heavy atom. The topological polar surface area (TPSA) is 39.1 Å². The maximum atomic E-state index is 5.40. The van der Waals surface area contributed by atoms with Crippen LogP contribution in [0.4, 0.5) is 0 Å². The van der Waals surface area contributed by atoms with Gasteiger partial charge in [0.25, 0.3) is 0 Å². The Labute approximate surface area is 96.3 Å². The summed E-state index contributed by atoms with van der Waals surface area (Å²) in [6.45, 7) is 3.88. The highest BCUT2D eigenvalue weighted by Crippen LogP contribution is 2.26. The van der Waals surface area contributed by atoms with Gasteiger partial charge in [0.05, 0.1) is 24.6 Å². The smallest absolute Gasteiger partial charge is 0.0876 e. The van der Waals surface area contributed by atoms with Crippen LogP contribution in [0, 0.1) is 0 Å². The zero-order chi connectivity index (χ0) is 11.4. The van der Waals surface area contributed by atoms with E-state index in [0.717, 1.165) is 31.7 Å². The summed E-state index contributed by atoms with van der Waals surface area (Å²) in [5.74, 6) is 0. The van der Waals surface area contributed by atoms with Crippen molar-refractivity contribution in [3.63, 3.8) is 0 Å². The lowest BCUT2D eigenvalue weighted by atomic mass is 9.99. The number of aromatic nitrogens is 2. The molecular weight excluding hydrogens is 202 g/mol. The monoisotopic (exact) mass is 221 g/mol. The zero-order valence-electron chi connectivity index (χ0n) is 9.94. The molecule has 0 fully saturated rings. The molecule has 0 bridgehead atoms. The number of nitrogens with one attached hydrogen (secondary N) is 1. The van der Waals surface area contributed by atoms with Crippen molar-refractivity contribution < 1.29 is 4.74 Å². The molecule has 2 rings (SSSR count). The molecule has 2 heterocycles. The van der Waals surface area contributed by atoms with Crippen LogP contribution in [-0.4, -0.2) is 22.9 Å². The predicted octanol–water partition coefficient (Wildman–Crippen LogP) is 1.76. The lowest BCUT2D eigenvalue weighted by Crippen LogP contribution is -2.24. The molecule has 1 aliphatic rings. The van der Waals surface area contributed by atoms with Crippen molar-refractivity contribution in [3.8, 4) is 0 Å². The van der Waals surface area contributed by atoms with Gasteiger partial charge in [-0.05, 0) is 31.0 Å². The van der Waals surface area contributed by atoms with Crippen LogP contribution in [0.5, 0.6) is 0 Å². The van der Waals surface area contributed by atoms with Crippen molar-refractivity contribution in [1.82, 2.24) is 15.1 Å². The molecule has 4 heteroatoms. The number of nitrogens with zero attached hydrogens (tertiary/aromatic N) is 2. The fraction of sp³-hybridized carbons (Fsp3) is 0.583. The molecule has 0 saturated heterocycles. The van der Waals surface area contributed by atoms with E-state index >= 15 is 0 Å². The summed E-state index contributed by atoms with van der Waals surface area (Å²) in [6, 6.07) is 2.26. The van der Waals surface area contributed by atoms with E-state index in [2.05, 4.69) is 23.4 Å². The molecule has 1 aromatic heterocycles. The Balaban J connectivity index is 2.19. The van der Waals surface area contributed by atoms with Gasteiger partial charge in [0.2, 0.25) is 0 Å². The van der Waals surface area contributed by atoms with E-state index in [1.54, 1.807) is 0 Å². The number of aryl methyl sites for hydroxylation is 1. The van der Waals surface area contributed by atoms with Gasteiger partial charge < -0.3 is 10.1 Å². The maximum absolute atomic E-state index is 5.40. The third-order valence-electron chi connectivity index (χ3n) is 2.77. The Morgan fingerprint density at radius 3 is 3.06 bits per heavy atom. The first-order valence-electron chi connectivity index (χ1n) is 5.84. The average molecular weight is 221 g/mol. The Kier molecular flexibility index (Phi) is 3.62. The standard InChI is InChI=1S/C12H19N3O/c1-3-13-12(10-5-4-8-16-9-10)11-6-7-15(2)14-11/h6-7,9,12-13H,3-5,8H2,1-2H3. The van der Waals surface area contributed by atoms with Crippen LogP contribution >= 0.6 is 0 Å². The second-order valence-electron chi connectivity index (χ2n) is 4.07. The number of hydrogen-bond acceptors (Lipinski definition) is 3. The molecule has 88 valence electrons. The van der Waals surface area contributed by atoms with Gasteiger partial charge in [-0.15, -0.1) is 0 Å². The number of rotatable bonds is 4. The summed E-state index contributed by atoms with van der Waals surface area (Å²) in [6.07, 6.45) is 6.06. The van der Waals surface area contributed by atoms with Crippen LogP contribution in [0.2, 0.25) is 0 Å². The van der Waals surface area contributed by atoms with E-state index in [9.17, 15) is 0 Å². The number of hydrogen-bond donors (Lipinski definition) is 1. The molecule has 4 nitrogen and oxygen atoms in total. The van der Waals surface area contributed by atoms with Gasteiger partial charge in [0.1, 0.15) is 0 Å². The van der Waals surface area contributed by atoms with E-state index in [1.165, 1.54) is 5.57 Å². The molecule has 0 aliphatic carbocycles. The summed E-state index contributed by atoms with van der Waals surface area (Å²) in [5.41, 5.74) is 2.37. The van der Waals surface area contributed by atoms with Gasteiger partial charge in [-0.1, -0.05) is 6.92 Å². The quantitative estimate of drug-likeness (QED) is 0.842. The van der Waals surface area contributed by atoms with Gasteiger partial charge in [-0.3, -0.25) is 4.68 Å². The van der Waals surface area contributed by atoms with Crippen LogP contribution in [0.1, 0.15) is 31.5 Å². The summed E-state index contributed by atoms with van der Waals surface area (Å²) in [7, 11) is 1.94. The predicted molar refractivity (Wildman–Crippen MR) is 62.9 cm³/mol. The molecule has 0 spiro atoms. The molecule has 0 saturated carbocycles. The van der Waals surface area contributed by atoms with E-state index in [0.29, 0.717) is 0 Å². The highest BCUT2D eigenvalue weighted by Gasteiger charge is 2.20. The van der Waals surface area contributed by atoms with Gasteiger partial charge in [0.15, 0.2) is 0 Å². The molecule has 0 aromatic carbocycles. The molecule has 1 atom stereocenters. The Morgan fingerprint density at radius 1 is 1.62 bits per heavy atom. The van der Waals surface area contributed by atoms with E-state index in [1.807, 2.05) is 24.2 Å². The van der Waals surface area contributed by atoms with E-state index in [-0.39, 0.29) is 6.04 Å². The molecule has 1 unspecified atom stereocenters. The molecule has 0 radical (unpaired) electrons. The largest absolute Gasteiger partial charge is 0.501 e. The fourth-order valence-corrected chi connectivity index (χ4v) is 2.01. The molecule has 1 aromatic rings. The van der Waals surface area contributed by atoms with Crippen LogP contribution in [-0.2, 0) is 11.8 Å². The lowest BCUT2D eigenvalue weighted by Gasteiger charge is -2.22. The van der Waals surface area contributed by atoms with Crippen LogP contribution in [0.3, 0.4) is 0 Å². The van der Waals surface area contributed by atoms with Crippen LogP contribution in [0.15, 0.2) is 24.1 Å². The van der Waals surface area contributed by atoms with Crippen molar-refractivity contribution in [1.29, 1.82) is 0 Å². The second kappa shape index (κ2) is 5.16. The first-order valence-corrected chi connectivity index (χ1v) is 5.84. The third kappa shape index (κ3) is 2.44. The van der Waals surface area contributed by atoms with Crippen molar-refractivity contribution in [2.24, 2.45) is 7.05 Å². The van der Waals surface area contributed by atoms with E-state index < -0.39 is 0 Å². The minimum absolute atomic E-state index is 0.200. The average Bonchev–Trinajstić information content (AvgIpc) is 2.74. The van der Waals surface area contributed by atoms with Crippen LogP contribution in [0.25, 0.3) is 0 Å². The normalized spacial score (nSPS) is 17.8. The summed E-state index contributed by atoms with van der Waals surface area (Å²) >= 11 is 0. The number of ether oxygens (including phenoxy) is 1. The second-order valence-corrected chi connectivity index (χ2v) is 4.07. The minimum atomic E-state index is 0.200. The molecular formula is C12H19N3O. The summed E-state index contributed by atoms with van der Waals surface area (Å²) < 4.78 is 7.24. The Bertz CT molecular complexity index is 370. The highest BCUT2D eigenvalue weighted by atomic mass is 16.5. The summed E-state index contributed by atoms with van der Waals surface area (Å²) in [4.78, 5) is 0. The molecule has 0 amide bonds. The van der Waals surface area contributed by atoms with Crippen LogP contribution < -0.4 is 5.32 Å². The minimum Gasteiger partial charge on any atom is -0.501 e. The van der Waals surface area contributed by atoms with Crippen molar-refractivity contribution in [2.45, 2.75) is 25.8 Å². The van der Waals surface area contributed by atoms with Gasteiger partial charge in [-0.25, -0.2) is 0 Å². The zero-order valence-corrected chi connectivity index (χ0v) is 9.94. The molecule has 1 N–H and O–H groups in total. The maximum Gasteiger partial charge on any atom is 0.0876 e. The molecule has 16 heavy (non-hydrogen) atoms. The van der Waals surface area contributed by atoms with Crippen molar-refractivity contribution in [3.05, 3.63) is 29.8 Å². The van der Waals surface area contributed by atoms with Crippen molar-refractivity contribution >= 4 is 0 Å². The van der Waals surface area contributed by atoms with Gasteiger partial charge in [-0.2, -0.15) is 5.10 Å². The van der Waals surface area contributed by atoms with Gasteiger partial charge in [0, 0.05) is 13.2 Å². The lowest BCUT2D eigenvalue weighted by molar-refractivity contribution is 0.219. The Hall–Kier alpha value is -1.29. The van der Waals surface area contributed by atoms with Gasteiger partial charge >= 0.3 is 0 Å². The highest BCUT2D eigenvalue weighted by molar-refractivity contribution is 5.21. The summed E-state index contributed by atoms with van der Waals surface area (Å²) in [5, 5.41) is 7.92. The first kappa shape index (κ1) is 11.2. The molecule has 1 aliphatic heterocycles. The van der Waals surface area contributed by atoms with E-state index in [4.69, 9.17) is 4.74 Å².